The van der Waals surface area contributed by atoms with Crippen LogP contribution in [0.25, 0.3) is 10.9 Å². The van der Waals surface area contributed by atoms with Gasteiger partial charge in [0, 0.05) is 29.9 Å². The summed E-state index contributed by atoms with van der Waals surface area (Å²) in [6, 6.07) is 7.43. The number of aromatic nitrogens is 1. The van der Waals surface area contributed by atoms with Gasteiger partial charge in [-0.3, -0.25) is 9.59 Å². The molecule has 1 aliphatic heterocycles. The van der Waals surface area contributed by atoms with E-state index in [4.69, 9.17) is 21.4 Å². The van der Waals surface area contributed by atoms with Crippen LogP contribution in [0.2, 0.25) is 5.02 Å². The van der Waals surface area contributed by atoms with Crippen molar-refractivity contribution in [3.63, 3.8) is 0 Å². The summed E-state index contributed by atoms with van der Waals surface area (Å²) in [6.07, 6.45) is 2.74. The normalized spacial score (nSPS) is 16.9. The molecule has 0 unspecified atom stereocenters. The quantitative estimate of drug-likeness (QED) is 0.867. The zero-order valence-corrected chi connectivity index (χ0v) is 13.9. The standard InChI is InChI=1S/C17H19ClN2O4/c18-13-2-1-12-3-6-20(14(12)9-13)11-15(21)19-17(10-16(22)23)4-7-24-8-5-17/h1-3,6,9H,4-5,7-8,10-11H2,(H,19,21)(H,22,23). The van der Waals surface area contributed by atoms with Crippen molar-refractivity contribution in [2.24, 2.45) is 0 Å². The van der Waals surface area contributed by atoms with Crippen molar-refractivity contribution in [3.05, 3.63) is 35.5 Å². The highest BCUT2D eigenvalue weighted by Gasteiger charge is 2.36. The lowest BCUT2D eigenvalue weighted by atomic mass is 9.86. The molecule has 0 saturated carbocycles. The smallest absolute Gasteiger partial charge is 0.305 e. The minimum absolute atomic E-state index is 0.0969. The number of nitrogens with one attached hydrogen (secondary N) is 1. The molecule has 0 spiro atoms. The first kappa shape index (κ1) is 16.8. The number of carbonyl (C=O) groups excluding carboxylic acids is 1. The van der Waals surface area contributed by atoms with Crippen molar-refractivity contribution in [2.45, 2.75) is 31.3 Å². The maximum atomic E-state index is 12.5. The van der Waals surface area contributed by atoms with Crippen LogP contribution >= 0.6 is 11.6 Å². The second-order valence-electron chi connectivity index (χ2n) is 6.16. The topological polar surface area (TPSA) is 80.6 Å². The molecule has 1 saturated heterocycles. The molecule has 0 radical (unpaired) electrons. The van der Waals surface area contributed by atoms with Gasteiger partial charge in [0.05, 0.1) is 12.0 Å². The first-order valence-electron chi connectivity index (χ1n) is 7.82. The van der Waals surface area contributed by atoms with E-state index in [1.54, 1.807) is 6.07 Å². The lowest BCUT2D eigenvalue weighted by Gasteiger charge is -2.36. The SMILES string of the molecule is O=C(O)CC1(NC(=O)Cn2ccc3ccc(Cl)cc32)CCOCC1. The lowest BCUT2D eigenvalue weighted by Crippen LogP contribution is -2.53. The van der Waals surface area contributed by atoms with E-state index in [2.05, 4.69) is 5.32 Å². The Morgan fingerprint density at radius 1 is 1.29 bits per heavy atom. The summed E-state index contributed by atoms with van der Waals surface area (Å²) in [7, 11) is 0. The number of carbonyl (C=O) groups is 2. The van der Waals surface area contributed by atoms with Gasteiger partial charge in [0.2, 0.25) is 5.91 Å². The van der Waals surface area contributed by atoms with Crippen LogP contribution in [0.3, 0.4) is 0 Å². The Hall–Kier alpha value is -2.05. The Kier molecular flexibility index (Phi) is 4.78. The van der Waals surface area contributed by atoms with Gasteiger partial charge in [0.1, 0.15) is 6.54 Å². The van der Waals surface area contributed by atoms with E-state index in [1.807, 2.05) is 29.0 Å². The molecule has 6 nitrogen and oxygen atoms in total. The Balaban J connectivity index is 1.75. The van der Waals surface area contributed by atoms with Gasteiger partial charge < -0.3 is 19.7 Å². The van der Waals surface area contributed by atoms with Gasteiger partial charge in [-0.25, -0.2) is 0 Å². The van der Waals surface area contributed by atoms with Crippen molar-refractivity contribution in [3.8, 4) is 0 Å². The van der Waals surface area contributed by atoms with E-state index < -0.39 is 11.5 Å². The van der Waals surface area contributed by atoms with Crippen LogP contribution < -0.4 is 5.32 Å². The van der Waals surface area contributed by atoms with Crippen molar-refractivity contribution < 1.29 is 19.4 Å². The summed E-state index contributed by atoms with van der Waals surface area (Å²) in [5, 5.41) is 13.7. The number of nitrogens with zero attached hydrogens (tertiary/aromatic N) is 1. The van der Waals surface area contributed by atoms with Gasteiger partial charge in [-0.1, -0.05) is 17.7 Å². The Morgan fingerprint density at radius 2 is 2.04 bits per heavy atom. The summed E-state index contributed by atoms with van der Waals surface area (Å²) < 4.78 is 7.11. The fourth-order valence-corrected chi connectivity index (χ4v) is 3.35. The van der Waals surface area contributed by atoms with E-state index in [-0.39, 0.29) is 18.9 Å². The summed E-state index contributed by atoms with van der Waals surface area (Å²) in [6.45, 7) is 1.03. The van der Waals surface area contributed by atoms with Gasteiger partial charge in [0.15, 0.2) is 0 Å². The molecule has 2 heterocycles. The lowest BCUT2D eigenvalue weighted by molar-refractivity contribution is -0.140. The molecule has 24 heavy (non-hydrogen) atoms. The second kappa shape index (κ2) is 6.83. The number of benzene rings is 1. The van der Waals surface area contributed by atoms with Gasteiger partial charge in [-0.2, -0.15) is 0 Å². The minimum atomic E-state index is -0.921. The average Bonchev–Trinajstić information content (AvgIpc) is 2.89. The molecule has 1 fully saturated rings. The van der Waals surface area contributed by atoms with Crippen molar-refractivity contribution in [2.75, 3.05) is 13.2 Å². The van der Waals surface area contributed by atoms with Crippen LogP contribution in [-0.2, 0) is 20.9 Å². The van der Waals surface area contributed by atoms with Crippen LogP contribution in [0, 0.1) is 0 Å². The number of fused-ring (bicyclic) bond motifs is 1. The summed E-state index contributed by atoms with van der Waals surface area (Å²) in [5.41, 5.74) is 0.138. The number of carboxylic acids is 1. The molecule has 3 rings (SSSR count). The van der Waals surface area contributed by atoms with Crippen LogP contribution in [0.15, 0.2) is 30.5 Å². The maximum absolute atomic E-state index is 12.5. The summed E-state index contributed by atoms with van der Waals surface area (Å²) in [4.78, 5) is 23.7. The monoisotopic (exact) mass is 350 g/mol. The number of rotatable bonds is 5. The maximum Gasteiger partial charge on any atom is 0.305 e. The van der Waals surface area contributed by atoms with E-state index in [9.17, 15) is 9.59 Å². The third-order valence-corrected chi connectivity index (χ3v) is 4.63. The predicted molar refractivity (Wildman–Crippen MR) is 90.1 cm³/mol. The fourth-order valence-electron chi connectivity index (χ4n) is 3.18. The second-order valence-corrected chi connectivity index (χ2v) is 6.59. The van der Waals surface area contributed by atoms with E-state index in [0.29, 0.717) is 31.1 Å². The predicted octanol–water partition coefficient (Wildman–Crippen LogP) is 2.43. The highest BCUT2D eigenvalue weighted by molar-refractivity contribution is 6.31. The minimum Gasteiger partial charge on any atom is -0.481 e. The van der Waals surface area contributed by atoms with Gasteiger partial charge in [-0.05, 0) is 36.4 Å². The van der Waals surface area contributed by atoms with Gasteiger partial charge in [-0.15, -0.1) is 0 Å². The zero-order chi connectivity index (χ0) is 17.2. The highest BCUT2D eigenvalue weighted by Crippen LogP contribution is 2.25. The molecule has 1 aromatic heterocycles. The number of halogens is 1. The van der Waals surface area contributed by atoms with E-state index >= 15 is 0 Å². The zero-order valence-electron chi connectivity index (χ0n) is 13.1. The fraction of sp³-hybridized carbons (Fsp3) is 0.412. The Labute approximate surface area is 144 Å². The van der Waals surface area contributed by atoms with Crippen LogP contribution in [0.1, 0.15) is 19.3 Å². The number of ether oxygens (including phenoxy) is 1. The Bertz CT molecular complexity index is 765. The third kappa shape index (κ3) is 3.71. The molecule has 0 bridgehead atoms. The third-order valence-electron chi connectivity index (χ3n) is 4.39. The van der Waals surface area contributed by atoms with Crippen LogP contribution in [0.5, 0.6) is 0 Å². The van der Waals surface area contributed by atoms with Gasteiger partial charge in [0.25, 0.3) is 0 Å². The van der Waals surface area contributed by atoms with Crippen molar-refractivity contribution in [1.29, 1.82) is 0 Å². The average molecular weight is 351 g/mol. The van der Waals surface area contributed by atoms with Gasteiger partial charge >= 0.3 is 5.97 Å². The molecule has 1 amide bonds. The molecule has 2 aromatic rings. The van der Waals surface area contributed by atoms with E-state index in [1.165, 1.54) is 0 Å². The van der Waals surface area contributed by atoms with E-state index in [0.717, 1.165) is 10.9 Å². The highest BCUT2D eigenvalue weighted by atomic mass is 35.5. The number of hydrogen-bond acceptors (Lipinski definition) is 3. The molecule has 1 aromatic carbocycles. The first-order chi connectivity index (χ1) is 11.5. The van der Waals surface area contributed by atoms with Crippen LogP contribution in [0.4, 0.5) is 0 Å². The molecule has 2 N–H and O–H groups in total. The number of carboxylic acid groups (broad SMARTS) is 1. The largest absolute Gasteiger partial charge is 0.481 e. The molecule has 7 heteroatoms. The number of aliphatic carboxylic acids is 1. The van der Waals surface area contributed by atoms with Crippen LogP contribution in [-0.4, -0.2) is 40.3 Å². The van der Waals surface area contributed by atoms with Crippen molar-refractivity contribution >= 4 is 34.4 Å². The first-order valence-corrected chi connectivity index (χ1v) is 8.20. The molecule has 0 aliphatic carbocycles. The summed E-state index contributed by atoms with van der Waals surface area (Å²) in [5.74, 6) is -1.13. The summed E-state index contributed by atoms with van der Waals surface area (Å²) >= 11 is 6.03. The molecule has 128 valence electrons. The molecule has 1 aliphatic rings. The number of amides is 1. The number of hydrogen-bond donors (Lipinski definition) is 2. The molecular formula is C17H19ClN2O4. The Morgan fingerprint density at radius 3 is 2.75 bits per heavy atom. The van der Waals surface area contributed by atoms with Crippen molar-refractivity contribution in [1.82, 2.24) is 9.88 Å². The molecule has 0 atom stereocenters. The molecular weight excluding hydrogens is 332 g/mol.